The number of rotatable bonds is 6. The second-order valence-corrected chi connectivity index (χ2v) is 6.94. The maximum absolute atomic E-state index is 6.24. The number of thiophene rings is 1. The number of hydrogen-bond donors (Lipinski definition) is 1. The average Bonchev–Trinajstić information content (AvgIpc) is 3.06. The molecule has 124 valence electrons. The Kier molecular flexibility index (Phi) is 6.70. The van der Waals surface area contributed by atoms with Crippen LogP contribution in [0.5, 0.6) is 0 Å². The molecule has 4 nitrogen and oxygen atoms in total. The van der Waals surface area contributed by atoms with Crippen molar-refractivity contribution in [2.45, 2.75) is 39.7 Å². The first-order valence-electron chi connectivity index (χ1n) is 8.46. The standard InChI is InChI=1S/C17H30N4S/c1-4-20(5-2)16(15-8-11-22-13-15)12-19-17(18)21-9-6-14(3)7-10-21/h8,11,13-14,16H,4-7,9-10,12H2,1-3H3,(H2,18,19). The van der Waals surface area contributed by atoms with Crippen LogP contribution >= 0.6 is 11.3 Å². The largest absolute Gasteiger partial charge is 0.370 e. The molecule has 0 radical (unpaired) electrons. The van der Waals surface area contributed by atoms with E-state index in [-0.39, 0.29) is 0 Å². The van der Waals surface area contributed by atoms with Gasteiger partial charge in [0.1, 0.15) is 0 Å². The Morgan fingerprint density at radius 3 is 2.64 bits per heavy atom. The summed E-state index contributed by atoms with van der Waals surface area (Å²) in [6.07, 6.45) is 2.44. The molecule has 2 heterocycles. The maximum atomic E-state index is 6.24. The number of likely N-dealkylation sites (N-methyl/N-ethyl adjacent to an activating group) is 1. The third kappa shape index (κ3) is 4.46. The van der Waals surface area contributed by atoms with Crippen molar-refractivity contribution in [3.63, 3.8) is 0 Å². The molecular weight excluding hydrogens is 292 g/mol. The summed E-state index contributed by atoms with van der Waals surface area (Å²) in [5.41, 5.74) is 7.60. The summed E-state index contributed by atoms with van der Waals surface area (Å²) in [5.74, 6) is 1.54. The molecule has 22 heavy (non-hydrogen) atoms. The molecule has 0 aliphatic carbocycles. The van der Waals surface area contributed by atoms with Gasteiger partial charge in [0.05, 0.1) is 12.6 Å². The van der Waals surface area contributed by atoms with E-state index in [1.165, 1.54) is 18.4 Å². The van der Waals surface area contributed by atoms with Crippen LogP contribution in [0.25, 0.3) is 0 Å². The van der Waals surface area contributed by atoms with Gasteiger partial charge in [-0.1, -0.05) is 20.8 Å². The van der Waals surface area contributed by atoms with E-state index in [0.717, 1.165) is 44.6 Å². The third-order valence-corrected chi connectivity index (χ3v) is 5.42. The van der Waals surface area contributed by atoms with E-state index < -0.39 is 0 Å². The van der Waals surface area contributed by atoms with Crippen LogP contribution in [0.3, 0.4) is 0 Å². The maximum Gasteiger partial charge on any atom is 0.191 e. The van der Waals surface area contributed by atoms with E-state index in [4.69, 9.17) is 10.7 Å². The topological polar surface area (TPSA) is 44.9 Å². The van der Waals surface area contributed by atoms with Crippen LogP contribution in [0, 0.1) is 5.92 Å². The van der Waals surface area contributed by atoms with Gasteiger partial charge in [0, 0.05) is 13.1 Å². The van der Waals surface area contributed by atoms with Gasteiger partial charge < -0.3 is 10.6 Å². The fourth-order valence-corrected chi connectivity index (χ4v) is 3.79. The number of hydrogen-bond acceptors (Lipinski definition) is 3. The highest BCUT2D eigenvalue weighted by atomic mass is 32.1. The second-order valence-electron chi connectivity index (χ2n) is 6.16. The zero-order valence-electron chi connectivity index (χ0n) is 14.2. The van der Waals surface area contributed by atoms with E-state index in [2.05, 4.69) is 47.4 Å². The van der Waals surface area contributed by atoms with Crippen LogP contribution in [0.15, 0.2) is 21.8 Å². The normalized spacial score (nSPS) is 18.9. The fraction of sp³-hybridized carbons (Fsp3) is 0.706. The number of guanidine groups is 1. The van der Waals surface area contributed by atoms with Gasteiger partial charge in [0.15, 0.2) is 5.96 Å². The summed E-state index contributed by atoms with van der Waals surface area (Å²) in [4.78, 5) is 9.43. The number of nitrogens with zero attached hydrogens (tertiary/aromatic N) is 3. The number of piperidine rings is 1. The van der Waals surface area contributed by atoms with Gasteiger partial charge in [0.25, 0.3) is 0 Å². The summed E-state index contributed by atoms with van der Waals surface area (Å²) in [6.45, 7) is 11.6. The molecule has 0 aromatic carbocycles. The van der Waals surface area contributed by atoms with Gasteiger partial charge in [-0.05, 0) is 54.2 Å². The Morgan fingerprint density at radius 2 is 2.09 bits per heavy atom. The minimum Gasteiger partial charge on any atom is -0.370 e. The van der Waals surface area contributed by atoms with Crippen LogP contribution in [-0.4, -0.2) is 48.5 Å². The molecule has 5 heteroatoms. The molecule has 0 amide bonds. The first-order chi connectivity index (χ1) is 10.7. The lowest BCUT2D eigenvalue weighted by atomic mass is 10.00. The van der Waals surface area contributed by atoms with Crippen molar-refractivity contribution < 1.29 is 0 Å². The molecule has 1 aliphatic rings. The Morgan fingerprint density at radius 1 is 1.41 bits per heavy atom. The highest BCUT2D eigenvalue weighted by Gasteiger charge is 2.20. The second kappa shape index (κ2) is 8.53. The molecule has 1 aromatic rings. The Balaban J connectivity index is 2.02. The van der Waals surface area contributed by atoms with Crippen LogP contribution in [0.1, 0.15) is 45.2 Å². The first-order valence-corrected chi connectivity index (χ1v) is 9.41. The molecule has 1 unspecified atom stereocenters. The summed E-state index contributed by atoms with van der Waals surface area (Å²) >= 11 is 1.75. The minimum absolute atomic E-state index is 0.337. The van der Waals surface area contributed by atoms with E-state index in [0.29, 0.717) is 6.04 Å². The van der Waals surface area contributed by atoms with Crippen LogP contribution < -0.4 is 5.73 Å². The van der Waals surface area contributed by atoms with E-state index in [1.54, 1.807) is 11.3 Å². The lowest BCUT2D eigenvalue weighted by Crippen LogP contribution is -2.43. The van der Waals surface area contributed by atoms with E-state index in [9.17, 15) is 0 Å². The highest BCUT2D eigenvalue weighted by Crippen LogP contribution is 2.23. The van der Waals surface area contributed by atoms with Crippen molar-refractivity contribution in [2.24, 2.45) is 16.6 Å². The summed E-state index contributed by atoms with van der Waals surface area (Å²) in [7, 11) is 0. The molecule has 0 bridgehead atoms. The summed E-state index contributed by atoms with van der Waals surface area (Å²) in [6, 6.07) is 2.55. The molecule has 0 saturated carbocycles. The Labute approximate surface area is 139 Å². The summed E-state index contributed by atoms with van der Waals surface area (Å²) in [5, 5.41) is 4.38. The number of nitrogens with two attached hydrogens (primary N) is 1. The van der Waals surface area contributed by atoms with Crippen molar-refractivity contribution in [1.29, 1.82) is 0 Å². The molecule has 1 fully saturated rings. The SMILES string of the molecule is CCN(CC)C(CN=C(N)N1CCC(C)CC1)c1ccsc1. The molecule has 1 aliphatic heterocycles. The number of aliphatic imine (C=N–C) groups is 1. The van der Waals surface area contributed by atoms with Crippen LogP contribution in [0.4, 0.5) is 0 Å². The predicted octanol–water partition coefficient (Wildman–Crippen LogP) is 3.18. The van der Waals surface area contributed by atoms with Crippen molar-refractivity contribution >= 4 is 17.3 Å². The van der Waals surface area contributed by atoms with Crippen LogP contribution in [0.2, 0.25) is 0 Å². The average molecular weight is 323 g/mol. The minimum atomic E-state index is 0.337. The molecule has 1 atom stereocenters. The molecule has 1 aromatic heterocycles. The van der Waals surface area contributed by atoms with Gasteiger partial charge >= 0.3 is 0 Å². The molecule has 1 saturated heterocycles. The zero-order chi connectivity index (χ0) is 15.9. The fourth-order valence-electron chi connectivity index (χ4n) is 3.08. The quantitative estimate of drug-likeness (QED) is 0.646. The van der Waals surface area contributed by atoms with Crippen LogP contribution in [-0.2, 0) is 0 Å². The monoisotopic (exact) mass is 322 g/mol. The number of likely N-dealkylation sites (tertiary alicyclic amines) is 1. The lowest BCUT2D eigenvalue weighted by Gasteiger charge is -2.32. The molecule has 2 N–H and O–H groups in total. The van der Waals surface area contributed by atoms with Crippen molar-refractivity contribution in [1.82, 2.24) is 9.80 Å². The molecule has 0 spiro atoms. The summed E-state index contributed by atoms with van der Waals surface area (Å²) < 4.78 is 0. The van der Waals surface area contributed by atoms with Crippen molar-refractivity contribution in [3.05, 3.63) is 22.4 Å². The first kappa shape index (κ1) is 17.3. The molecule has 2 rings (SSSR count). The molecular formula is C17H30N4S. The Bertz CT molecular complexity index is 445. The van der Waals surface area contributed by atoms with Crippen molar-refractivity contribution in [2.75, 3.05) is 32.7 Å². The zero-order valence-corrected chi connectivity index (χ0v) is 15.0. The van der Waals surface area contributed by atoms with Gasteiger partial charge in [0.2, 0.25) is 0 Å². The van der Waals surface area contributed by atoms with E-state index >= 15 is 0 Å². The van der Waals surface area contributed by atoms with Gasteiger partial charge in [-0.3, -0.25) is 9.89 Å². The lowest BCUT2D eigenvalue weighted by molar-refractivity contribution is 0.223. The van der Waals surface area contributed by atoms with Gasteiger partial charge in [-0.25, -0.2) is 0 Å². The smallest absolute Gasteiger partial charge is 0.191 e. The Hall–Kier alpha value is -1.07. The van der Waals surface area contributed by atoms with Crippen molar-refractivity contribution in [3.8, 4) is 0 Å². The third-order valence-electron chi connectivity index (χ3n) is 4.71. The van der Waals surface area contributed by atoms with E-state index in [1.807, 2.05) is 0 Å². The highest BCUT2D eigenvalue weighted by molar-refractivity contribution is 7.07. The predicted molar refractivity (Wildman–Crippen MR) is 96.4 cm³/mol. The van der Waals surface area contributed by atoms with Gasteiger partial charge in [-0.2, -0.15) is 11.3 Å². The van der Waals surface area contributed by atoms with Gasteiger partial charge in [-0.15, -0.1) is 0 Å².